The van der Waals surface area contributed by atoms with Crippen LogP contribution in [0.15, 0.2) is 18.3 Å². The Balaban J connectivity index is 2.93. The minimum atomic E-state index is -3.29. The largest absolute Gasteiger partial charge is 0.396 e. The van der Waals surface area contributed by atoms with E-state index >= 15 is 0 Å². The third kappa shape index (κ3) is 2.59. The van der Waals surface area contributed by atoms with E-state index in [1.165, 1.54) is 6.20 Å². The van der Waals surface area contributed by atoms with Crippen molar-refractivity contribution < 1.29 is 8.42 Å². The van der Waals surface area contributed by atoms with Crippen molar-refractivity contribution in [3.63, 3.8) is 0 Å². The standard InChI is InChI=1S/C7H11N3O2S/c1-2-13(11,12)10-7-6(8)4-3-5-9-7/h3-5H,2,8H2,1H3,(H,9,10). The topological polar surface area (TPSA) is 85.1 Å². The number of nitrogens with one attached hydrogen (secondary N) is 1. The van der Waals surface area contributed by atoms with E-state index < -0.39 is 10.0 Å². The molecular weight excluding hydrogens is 190 g/mol. The van der Waals surface area contributed by atoms with Gasteiger partial charge in [-0.2, -0.15) is 0 Å². The lowest BCUT2D eigenvalue weighted by Crippen LogP contribution is -2.16. The zero-order valence-electron chi connectivity index (χ0n) is 7.19. The van der Waals surface area contributed by atoms with Crippen LogP contribution >= 0.6 is 0 Å². The number of sulfonamides is 1. The third-order valence-electron chi connectivity index (χ3n) is 1.47. The summed E-state index contributed by atoms with van der Waals surface area (Å²) in [6, 6.07) is 3.22. The van der Waals surface area contributed by atoms with Gasteiger partial charge in [0.05, 0.1) is 11.4 Å². The highest BCUT2D eigenvalue weighted by Gasteiger charge is 2.08. The molecule has 0 saturated carbocycles. The number of nitrogens with zero attached hydrogens (tertiary/aromatic N) is 1. The Hall–Kier alpha value is -1.30. The lowest BCUT2D eigenvalue weighted by molar-refractivity contribution is 0.602. The van der Waals surface area contributed by atoms with Gasteiger partial charge in [0.1, 0.15) is 0 Å². The van der Waals surface area contributed by atoms with Crippen molar-refractivity contribution in [2.45, 2.75) is 6.92 Å². The van der Waals surface area contributed by atoms with Crippen LogP contribution in [0.5, 0.6) is 0 Å². The van der Waals surface area contributed by atoms with Gasteiger partial charge in [0, 0.05) is 6.20 Å². The molecule has 0 fully saturated rings. The zero-order chi connectivity index (χ0) is 9.90. The van der Waals surface area contributed by atoms with Crippen molar-refractivity contribution in [2.24, 2.45) is 0 Å². The van der Waals surface area contributed by atoms with Crippen molar-refractivity contribution in [2.75, 3.05) is 16.2 Å². The highest BCUT2D eigenvalue weighted by molar-refractivity contribution is 7.92. The molecule has 5 nitrogen and oxygen atoms in total. The average Bonchev–Trinajstić information content (AvgIpc) is 2.09. The van der Waals surface area contributed by atoms with Crippen LogP contribution < -0.4 is 10.5 Å². The summed E-state index contributed by atoms with van der Waals surface area (Å²) < 4.78 is 24.5. The monoisotopic (exact) mass is 201 g/mol. The predicted molar refractivity (Wildman–Crippen MR) is 51.7 cm³/mol. The van der Waals surface area contributed by atoms with Gasteiger partial charge in [0.15, 0.2) is 5.82 Å². The molecule has 0 saturated heterocycles. The Bertz CT molecular complexity index is 388. The first-order valence-electron chi connectivity index (χ1n) is 3.76. The first kappa shape index (κ1) is 9.79. The molecule has 1 heterocycles. The number of anilines is 2. The van der Waals surface area contributed by atoms with Crippen LogP contribution in [-0.2, 0) is 10.0 Å². The molecule has 0 atom stereocenters. The molecule has 0 aliphatic rings. The Morgan fingerprint density at radius 3 is 2.85 bits per heavy atom. The smallest absolute Gasteiger partial charge is 0.233 e. The van der Waals surface area contributed by atoms with Gasteiger partial charge in [0.25, 0.3) is 0 Å². The SMILES string of the molecule is CCS(=O)(=O)Nc1ncccc1N. The van der Waals surface area contributed by atoms with Crippen molar-refractivity contribution >= 4 is 21.5 Å². The van der Waals surface area contributed by atoms with E-state index in [1.54, 1.807) is 19.1 Å². The Morgan fingerprint density at radius 2 is 2.31 bits per heavy atom. The fourth-order valence-corrected chi connectivity index (χ4v) is 1.33. The molecule has 0 unspecified atom stereocenters. The fourth-order valence-electron chi connectivity index (χ4n) is 0.722. The summed E-state index contributed by atoms with van der Waals surface area (Å²) in [7, 11) is -3.29. The molecule has 6 heteroatoms. The van der Waals surface area contributed by atoms with Gasteiger partial charge in [-0.1, -0.05) is 0 Å². The molecule has 0 amide bonds. The normalized spacial score (nSPS) is 11.2. The number of nitrogens with two attached hydrogens (primary N) is 1. The van der Waals surface area contributed by atoms with Crippen molar-refractivity contribution in [3.05, 3.63) is 18.3 Å². The lowest BCUT2D eigenvalue weighted by atomic mass is 10.4. The predicted octanol–water partition coefficient (Wildman–Crippen LogP) is 0.425. The van der Waals surface area contributed by atoms with E-state index in [2.05, 4.69) is 9.71 Å². The number of pyridine rings is 1. The molecule has 0 radical (unpaired) electrons. The summed E-state index contributed by atoms with van der Waals surface area (Å²) in [4.78, 5) is 3.80. The van der Waals surface area contributed by atoms with Crippen molar-refractivity contribution in [3.8, 4) is 0 Å². The Labute approximate surface area is 77.0 Å². The summed E-state index contributed by atoms with van der Waals surface area (Å²) in [6.45, 7) is 1.54. The first-order valence-corrected chi connectivity index (χ1v) is 5.41. The Kier molecular flexibility index (Phi) is 2.72. The number of nitrogen functional groups attached to an aromatic ring is 1. The van der Waals surface area contributed by atoms with Crippen LogP contribution in [0.2, 0.25) is 0 Å². The summed E-state index contributed by atoms with van der Waals surface area (Å²) in [6.07, 6.45) is 1.48. The highest BCUT2D eigenvalue weighted by atomic mass is 32.2. The van der Waals surface area contributed by atoms with Gasteiger partial charge in [-0.3, -0.25) is 4.72 Å². The second-order valence-corrected chi connectivity index (χ2v) is 4.46. The van der Waals surface area contributed by atoms with Crippen molar-refractivity contribution in [1.29, 1.82) is 0 Å². The number of hydrogen-bond acceptors (Lipinski definition) is 4. The summed E-state index contributed by atoms with van der Waals surface area (Å²) in [5.74, 6) is 0.188. The van der Waals surface area contributed by atoms with E-state index in [0.717, 1.165) is 0 Å². The molecule has 0 spiro atoms. The molecule has 72 valence electrons. The maximum absolute atomic E-state index is 11.1. The first-order chi connectivity index (χ1) is 6.05. The summed E-state index contributed by atoms with van der Waals surface area (Å²) in [5, 5.41) is 0. The number of hydrogen-bond donors (Lipinski definition) is 2. The van der Waals surface area contributed by atoms with Gasteiger partial charge in [-0.25, -0.2) is 13.4 Å². The van der Waals surface area contributed by atoms with E-state index in [1.807, 2.05) is 0 Å². The molecule has 0 aliphatic heterocycles. The van der Waals surface area contributed by atoms with Crippen molar-refractivity contribution in [1.82, 2.24) is 4.98 Å². The maximum Gasteiger partial charge on any atom is 0.233 e. The quantitative estimate of drug-likeness (QED) is 0.742. The molecule has 0 aromatic carbocycles. The molecule has 3 N–H and O–H groups in total. The Morgan fingerprint density at radius 1 is 1.62 bits per heavy atom. The van der Waals surface area contributed by atoms with Gasteiger partial charge >= 0.3 is 0 Å². The second-order valence-electron chi connectivity index (χ2n) is 2.45. The minimum Gasteiger partial charge on any atom is -0.396 e. The summed E-state index contributed by atoms with van der Waals surface area (Å²) >= 11 is 0. The molecule has 13 heavy (non-hydrogen) atoms. The highest BCUT2D eigenvalue weighted by Crippen LogP contribution is 2.14. The van der Waals surface area contributed by atoms with E-state index in [9.17, 15) is 8.42 Å². The summed E-state index contributed by atoms with van der Waals surface area (Å²) in [5.41, 5.74) is 5.81. The van der Waals surface area contributed by atoms with E-state index in [4.69, 9.17) is 5.73 Å². The van der Waals surface area contributed by atoms with Gasteiger partial charge in [0.2, 0.25) is 10.0 Å². The van der Waals surface area contributed by atoms with Gasteiger partial charge in [-0.05, 0) is 19.1 Å². The molecule has 1 rings (SSSR count). The molecule has 0 bridgehead atoms. The second kappa shape index (κ2) is 3.61. The van der Waals surface area contributed by atoms with Crippen LogP contribution in [0, 0.1) is 0 Å². The fraction of sp³-hybridized carbons (Fsp3) is 0.286. The lowest BCUT2D eigenvalue weighted by Gasteiger charge is -2.06. The van der Waals surface area contributed by atoms with Crippen LogP contribution in [0.1, 0.15) is 6.92 Å². The molecule has 0 aliphatic carbocycles. The van der Waals surface area contributed by atoms with Crippen LogP contribution in [-0.4, -0.2) is 19.2 Å². The van der Waals surface area contributed by atoms with E-state index in [-0.39, 0.29) is 11.6 Å². The number of rotatable bonds is 3. The number of aromatic nitrogens is 1. The molecule has 1 aromatic rings. The van der Waals surface area contributed by atoms with Crippen LogP contribution in [0.3, 0.4) is 0 Å². The zero-order valence-corrected chi connectivity index (χ0v) is 8.00. The van der Waals surface area contributed by atoms with Crippen LogP contribution in [0.25, 0.3) is 0 Å². The van der Waals surface area contributed by atoms with Crippen LogP contribution in [0.4, 0.5) is 11.5 Å². The van der Waals surface area contributed by atoms with Gasteiger partial charge < -0.3 is 5.73 Å². The average molecular weight is 201 g/mol. The van der Waals surface area contributed by atoms with E-state index in [0.29, 0.717) is 5.69 Å². The molecule has 1 aromatic heterocycles. The molecular formula is C7H11N3O2S. The maximum atomic E-state index is 11.1. The van der Waals surface area contributed by atoms with Gasteiger partial charge in [-0.15, -0.1) is 0 Å². The third-order valence-corrected chi connectivity index (χ3v) is 2.74. The minimum absolute atomic E-state index is 0.00299.